The van der Waals surface area contributed by atoms with Crippen LogP contribution < -0.4 is 4.90 Å². The fraction of sp³-hybridized carbons (Fsp3) is 0.529. The molecule has 1 fully saturated rings. The second-order valence-electron chi connectivity index (χ2n) is 5.65. The van der Waals surface area contributed by atoms with Crippen LogP contribution in [-0.2, 0) is 14.3 Å². The molecule has 1 heterocycles. The molecule has 0 bridgehead atoms. The Morgan fingerprint density at radius 2 is 1.77 bits per heavy atom. The topological polar surface area (TPSA) is 49.9 Å². The van der Waals surface area contributed by atoms with Gasteiger partial charge in [-0.15, -0.1) is 0 Å². The normalized spacial score (nSPS) is 14.8. The molecule has 0 unspecified atom stereocenters. The van der Waals surface area contributed by atoms with E-state index in [4.69, 9.17) is 4.74 Å². The molecule has 0 spiro atoms. The van der Waals surface area contributed by atoms with Crippen molar-refractivity contribution in [1.82, 2.24) is 4.90 Å². The van der Waals surface area contributed by atoms with E-state index >= 15 is 0 Å². The van der Waals surface area contributed by atoms with E-state index in [2.05, 4.69) is 0 Å². The third kappa shape index (κ3) is 3.85. The molecule has 120 valence electrons. The summed E-state index contributed by atoms with van der Waals surface area (Å²) in [5, 5.41) is 0. The van der Waals surface area contributed by atoms with Crippen LogP contribution in [0.2, 0.25) is 0 Å². The number of hydrogen-bond acceptors (Lipinski definition) is 3. The van der Waals surface area contributed by atoms with Crippen molar-refractivity contribution < 1.29 is 14.3 Å². The Labute approximate surface area is 131 Å². The van der Waals surface area contributed by atoms with Gasteiger partial charge in [-0.2, -0.15) is 0 Å². The average Bonchev–Trinajstić information content (AvgIpc) is 2.50. The number of carbonyl (C=O) groups excluding carboxylic acids is 2. The molecule has 0 saturated carbocycles. The summed E-state index contributed by atoms with van der Waals surface area (Å²) in [6, 6.07) is 5.95. The molecule has 2 amide bonds. The molecule has 5 heteroatoms. The summed E-state index contributed by atoms with van der Waals surface area (Å²) < 4.78 is 5.26. The molecule has 2 rings (SSSR count). The van der Waals surface area contributed by atoms with E-state index < -0.39 is 0 Å². The van der Waals surface area contributed by atoms with Crippen LogP contribution in [0.1, 0.15) is 24.5 Å². The summed E-state index contributed by atoms with van der Waals surface area (Å²) in [5.74, 6) is 0.0490. The lowest BCUT2D eigenvalue weighted by molar-refractivity contribution is -0.135. The molecule has 1 aromatic carbocycles. The lowest BCUT2D eigenvalue weighted by Crippen LogP contribution is -2.42. The van der Waals surface area contributed by atoms with Crippen LogP contribution in [0.15, 0.2) is 18.2 Å². The number of aryl methyl sites for hydroxylation is 2. The first-order valence-corrected chi connectivity index (χ1v) is 7.70. The number of carbonyl (C=O) groups is 2. The van der Waals surface area contributed by atoms with Crippen molar-refractivity contribution in [3.8, 4) is 0 Å². The number of morpholine rings is 1. The van der Waals surface area contributed by atoms with Gasteiger partial charge in [0.2, 0.25) is 11.8 Å². The van der Waals surface area contributed by atoms with Gasteiger partial charge in [-0.05, 0) is 25.0 Å². The zero-order chi connectivity index (χ0) is 16.1. The third-order valence-corrected chi connectivity index (χ3v) is 4.00. The standard InChI is InChI=1S/C17H24N2O3/c1-13-5-4-6-14(2)17(13)19(15(3)20)8-7-16(21)18-9-11-22-12-10-18/h4-6H,7-12H2,1-3H3. The highest BCUT2D eigenvalue weighted by Crippen LogP contribution is 2.25. The highest BCUT2D eigenvalue weighted by molar-refractivity contribution is 5.94. The molecule has 0 N–H and O–H groups in total. The molecule has 1 aliphatic heterocycles. The van der Waals surface area contributed by atoms with Gasteiger partial charge in [0.15, 0.2) is 0 Å². The molecular formula is C17H24N2O3. The van der Waals surface area contributed by atoms with Gasteiger partial charge in [-0.1, -0.05) is 18.2 Å². The molecule has 5 nitrogen and oxygen atoms in total. The lowest BCUT2D eigenvalue weighted by atomic mass is 10.1. The fourth-order valence-corrected chi connectivity index (χ4v) is 2.84. The SMILES string of the molecule is CC(=O)N(CCC(=O)N1CCOCC1)c1c(C)cccc1C. The van der Waals surface area contributed by atoms with Gasteiger partial charge >= 0.3 is 0 Å². The lowest BCUT2D eigenvalue weighted by Gasteiger charge is -2.29. The first-order chi connectivity index (χ1) is 10.5. The molecule has 1 aliphatic rings. The Morgan fingerprint density at radius 3 is 2.32 bits per heavy atom. The van der Waals surface area contributed by atoms with Gasteiger partial charge in [-0.25, -0.2) is 0 Å². The van der Waals surface area contributed by atoms with E-state index in [1.54, 1.807) is 11.8 Å². The van der Waals surface area contributed by atoms with Crippen molar-refractivity contribution >= 4 is 17.5 Å². The van der Waals surface area contributed by atoms with Gasteiger partial charge in [0.25, 0.3) is 0 Å². The summed E-state index contributed by atoms with van der Waals surface area (Å²) >= 11 is 0. The predicted octanol–water partition coefficient (Wildman–Crippen LogP) is 1.91. The minimum atomic E-state index is -0.0350. The van der Waals surface area contributed by atoms with Crippen LogP contribution in [-0.4, -0.2) is 49.6 Å². The van der Waals surface area contributed by atoms with Crippen LogP contribution in [0.25, 0.3) is 0 Å². The number of hydrogen-bond donors (Lipinski definition) is 0. The van der Waals surface area contributed by atoms with Crippen LogP contribution in [0.4, 0.5) is 5.69 Å². The quantitative estimate of drug-likeness (QED) is 0.854. The number of nitrogens with zero attached hydrogens (tertiary/aromatic N) is 2. The van der Waals surface area contributed by atoms with E-state index in [1.807, 2.05) is 36.9 Å². The number of rotatable bonds is 4. The van der Waals surface area contributed by atoms with Crippen LogP contribution in [0, 0.1) is 13.8 Å². The van der Waals surface area contributed by atoms with E-state index in [1.165, 1.54) is 0 Å². The molecule has 0 aromatic heterocycles. The zero-order valence-corrected chi connectivity index (χ0v) is 13.6. The van der Waals surface area contributed by atoms with Crippen molar-refractivity contribution in [3.05, 3.63) is 29.3 Å². The summed E-state index contributed by atoms with van der Waals surface area (Å²) in [4.78, 5) is 27.8. The van der Waals surface area contributed by atoms with Gasteiger partial charge in [-0.3, -0.25) is 9.59 Å². The largest absolute Gasteiger partial charge is 0.378 e. The Bertz CT molecular complexity index is 531. The fourth-order valence-electron chi connectivity index (χ4n) is 2.84. The van der Waals surface area contributed by atoms with Crippen LogP contribution >= 0.6 is 0 Å². The van der Waals surface area contributed by atoms with Gasteiger partial charge in [0.05, 0.1) is 13.2 Å². The molecule has 22 heavy (non-hydrogen) atoms. The molecule has 0 radical (unpaired) electrons. The van der Waals surface area contributed by atoms with E-state index in [-0.39, 0.29) is 11.8 Å². The monoisotopic (exact) mass is 304 g/mol. The van der Waals surface area contributed by atoms with Crippen LogP contribution in [0.5, 0.6) is 0 Å². The second kappa shape index (κ2) is 7.40. The number of benzene rings is 1. The second-order valence-corrected chi connectivity index (χ2v) is 5.65. The highest BCUT2D eigenvalue weighted by atomic mass is 16.5. The third-order valence-electron chi connectivity index (χ3n) is 4.00. The smallest absolute Gasteiger partial charge is 0.224 e. The molecular weight excluding hydrogens is 280 g/mol. The van der Waals surface area contributed by atoms with Crippen molar-refractivity contribution in [2.24, 2.45) is 0 Å². The first kappa shape index (κ1) is 16.5. The molecule has 1 saturated heterocycles. The number of para-hydroxylation sites is 1. The Kier molecular flexibility index (Phi) is 5.55. The predicted molar refractivity (Wildman–Crippen MR) is 86.0 cm³/mol. The summed E-state index contributed by atoms with van der Waals surface area (Å²) in [7, 11) is 0. The van der Waals surface area contributed by atoms with Gasteiger partial charge < -0.3 is 14.5 Å². The van der Waals surface area contributed by atoms with Gasteiger partial charge in [0.1, 0.15) is 0 Å². The minimum Gasteiger partial charge on any atom is -0.378 e. The maximum absolute atomic E-state index is 12.3. The Balaban J connectivity index is 2.06. The van der Waals surface area contributed by atoms with Crippen LogP contribution in [0.3, 0.4) is 0 Å². The number of amides is 2. The Morgan fingerprint density at radius 1 is 1.18 bits per heavy atom. The maximum atomic E-state index is 12.3. The highest BCUT2D eigenvalue weighted by Gasteiger charge is 2.21. The van der Waals surface area contributed by atoms with E-state index in [0.29, 0.717) is 39.3 Å². The molecule has 0 atom stereocenters. The zero-order valence-electron chi connectivity index (χ0n) is 13.6. The van der Waals surface area contributed by atoms with E-state index in [9.17, 15) is 9.59 Å². The maximum Gasteiger partial charge on any atom is 0.224 e. The van der Waals surface area contributed by atoms with Crippen molar-refractivity contribution in [1.29, 1.82) is 0 Å². The molecule has 0 aliphatic carbocycles. The number of anilines is 1. The van der Waals surface area contributed by atoms with Crippen molar-refractivity contribution in [3.63, 3.8) is 0 Å². The van der Waals surface area contributed by atoms with E-state index in [0.717, 1.165) is 16.8 Å². The van der Waals surface area contributed by atoms with Crippen molar-refractivity contribution in [2.75, 3.05) is 37.7 Å². The molecule has 1 aromatic rings. The first-order valence-electron chi connectivity index (χ1n) is 7.70. The summed E-state index contributed by atoms with van der Waals surface area (Å²) in [6.45, 7) is 8.41. The Hall–Kier alpha value is -1.88. The average molecular weight is 304 g/mol. The summed E-state index contributed by atoms with van der Waals surface area (Å²) in [5.41, 5.74) is 3.02. The number of ether oxygens (including phenoxy) is 1. The van der Waals surface area contributed by atoms with Gasteiger partial charge in [0, 0.05) is 38.7 Å². The van der Waals surface area contributed by atoms with Crippen molar-refractivity contribution in [2.45, 2.75) is 27.2 Å². The summed E-state index contributed by atoms with van der Waals surface area (Å²) in [6.07, 6.45) is 0.341. The minimum absolute atomic E-state index is 0.0350.